The van der Waals surface area contributed by atoms with E-state index in [2.05, 4.69) is 9.72 Å². The smallest absolute Gasteiger partial charge is 0.340 e. The number of nitrogens with zero attached hydrogens (tertiary/aromatic N) is 1. The van der Waals surface area contributed by atoms with Crippen LogP contribution in [0.2, 0.25) is 0 Å². The van der Waals surface area contributed by atoms with E-state index in [-0.39, 0.29) is 17.0 Å². The maximum absolute atomic E-state index is 12.3. The Morgan fingerprint density at radius 1 is 1.11 bits per heavy atom. The maximum Gasteiger partial charge on any atom is 0.340 e. The third-order valence-corrected chi connectivity index (χ3v) is 2.74. The molecule has 0 aliphatic rings. The molecular weight excluding hydrogens is 242 g/mol. The monoisotopic (exact) mass is 255 g/mol. The highest BCUT2D eigenvalue weighted by molar-refractivity contribution is 6.13. The summed E-state index contributed by atoms with van der Waals surface area (Å²) in [5.41, 5.74) is 1.84. The molecule has 2 aromatic rings. The Morgan fingerprint density at radius 3 is 2.42 bits per heavy atom. The number of carbonyl (C=O) groups excluding carboxylic acids is 2. The fraction of sp³-hybridized carbons (Fsp3) is 0.133. The number of methoxy groups -OCH3 is 1. The van der Waals surface area contributed by atoms with Gasteiger partial charge in [0.1, 0.15) is 5.69 Å². The van der Waals surface area contributed by atoms with Gasteiger partial charge in [-0.1, -0.05) is 29.8 Å². The first-order valence-electron chi connectivity index (χ1n) is 5.78. The lowest BCUT2D eigenvalue weighted by Gasteiger charge is -2.06. The summed E-state index contributed by atoms with van der Waals surface area (Å²) < 4.78 is 4.65. The van der Waals surface area contributed by atoms with Gasteiger partial charge in [0.2, 0.25) is 5.78 Å². The molecular formula is C15H13NO3. The largest absolute Gasteiger partial charge is 0.465 e. The van der Waals surface area contributed by atoms with Crippen molar-refractivity contribution in [3.05, 3.63) is 65.0 Å². The Bertz CT molecular complexity index is 618. The molecule has 0 amide bonds. The number of hydrogen-bond acceptors (Lipinski definition) is 4. The quantitative estimate of drug-likeness (QED) is 0.624. The lowest BCUT2D eigenvalue weighted by molar-refractivity contribution is 0.0597. The Balaban J connectivity index is 2.44. The molecule has 4 heteroatoms. The molecule has 2 rings (SSSR count). The Kier molecular flexibility index (Phi) is 3.71. The molecule has 0 N–H and O–H groups in total. The number of aromatic nitrogens is 1. The zero-order valence-electron chi connectivity index (χ0n) is 10.7. The van der Waals surface area contributed by atoms with Gasteiger partial charge in [-0.2, -0.15) is 0 Å². The van der Waals surface area contributed by atoms with Crippen molar-refractivity contribution in [3.63, 3.8) is 0 Å². The van der Waals surface area contributed by atoms with Crippen LogP contribution < -0.4 is 0 Å². The van der Waals surface area contributed by atoms with Crippen LogP contribution in [0.1, 0.15) is 32.0 Å². The highest BCUT2D eigenvalue weighted by Gasteiger charge is 2.19. The van der Waals surface area contributed by atoms with Gasteiger partial charge in [0.25, 0.3) is 0 Å². The molecule has 0 saturated heterocycles. The van der Waals surface area contributed by atoms with E-state index in [1.54, 1.807) is 18.2 Å². The SMILES string of the molecule is COC(=O)c1cccnc1C(=O)c1ccc(C)cc1. The Labute approximate surface area is 111 Å². The van der Waals surface area contributed by atoms with E-state index < -0.39 is 5.97 Å². The summed E-state index contributed by atoms with van der Waals surface area (Å²) in [4.78, 5) is 27.9. The van der Waals surface area contributed by atoms with Crippen molar-refractivity contribution in [2.24, 2.45) is 0 Å². The van der Waals surface area contributed by atoms with E-state index in [0.717, 1.165) is 5.56 Å². The molecule has 0 spiro atoms. The minimum Gasteiger partial charge on any atom is -0.465 e. The van der Waals surface area contributed by atoms with Gasteiger partial charge in [0.05, 0.1) is 12.7 Å². The van der Waals surface area contributed by atoms with Gasteiger partial charge in [0.15, 0.2) is 0 Å². The molecule has 1 aromatic heterocycles. The summed E-state index contributed by atoms with van der Waals surface area (Å²) in [6, 6.07) is 10.2. The van der Waals surface area contributed by atoms with Gasteiger partial charge >= 0.3 is 5.97 Å². The van der Waals surface area contributed by atoms with Crippen molar-refractivity contribution >= 4 is 11.8 Å². The Morgan fingerprint density at radius 2 is 1.79 bits per heavy atom. The first-order chi connectivity index (χ1) is 9.13. The van der Waals surface area contributed by atoms with Crippen LogP contribution in [0.5, 0.6) is 0 Å². The van der Waals surface area contributed by atoms with E-state index in [1.807, 2.05) is 19.1 Å². The molecule has 0 fully saturated rings. The number of carbonyl (C=O) groups is 2. The topological polar surface area (TPSA) is 56.3 Å². The molecule has 0 atom stereocenters. The molecule has 1 aromatic carbocycles. The van der Waals surface area contributed by atoms with Crippen LogP contribution in [0.25, 0.3) is 0 Å². The molecule has 0 bridgehead atoms. The van der Waals surface area contributed by atoms with E-state index in [1.165, 1.54) is 19.4 Å². The van der Waals surface area contributed by atoms with E-state index >= 15 is 0 Å². The number of aryl methyl sites for hydroxylation is 1. The molecule has 4 nitrogen and oxygen atoms in total. The molecule has 1 heterocycles. The van der Waals surface area contributed by atoms with Crippen LogP contribution in [0.3, 0.4) is 0 Å². The van der Waals surface area contributed by atoms with Gasteiger partial charge in [-0.3, -0.25) is 9.78 Å². The van der Waals surface area contributed by atoms with Crippen LogP contribution in [-0.4, -0.2) is 23.8 Å². The summed E-state index contributed by atoms with van der Waals surface area (Å²) in [7, 11) is 1.27. The summed E-state index contributed by atoms with van der Waals surface area (Å²) in [6.07, 6.45) is 1.48. The van der Waals surface area contributed by atoms with Crippen LogP contribution >= 0.6 is 0 Å². The molecule has 0 aliphatic heterocycles. The normalized spacial score (nSPS) is 10.0. The highest BCUT2D eigenvalue weighted by Crippen LogP contribution is 2.14. The average molecular weight is 255 g/mol. The van der Waals surface area contributed by atoms with Crippen LogP contribution in [0.15, 0.2) is 42.6 Å². The molecule has 0 saturated carbocycles. The summed E-state index contributed by atoms with van der Waals surface area (Å²) in [5.74, 6) is -0.857. The second kappa shape index (κ2) is 5.44. The predicted molar refractivity (Wildman–Crippen MR) is 70.2 cm³/mol. The van der Waals surface area contributed by atoms with E-state index in [9.17, 15) is 9.59 Å². The fourth-order valence-electron chi connectivity index (χ4n) is 1.70. The number of ketones is 1. The number of esters is 1. The minimum atomic E-state index is -0.566. The summed E-state index contributed by atoms with van der Waals surface area (Å²) >= 11 is 0. The van der Waals surface area contributed by atoms with Crippen molar-refractivity contribution in [2.75, 3.05) is 7.11 Å². The zero-order chi connectivity index (χ0) is 13.8. The number of pyridine rings is 1. The van der Waals surface area contributed by atoms with Gasteiger partial charge in [-0.15, -0.1) is 0 Å². The zero-order valence-corrected chi connectivity index (χ0v) is 10.7. The second-order valence-corrected chi connectivity index (χ2v) is 4.09. The molecule has 19 heavy (non-hydrogen) atoms. The molecule has 0 aliphatic carbocycles. The van der Waals surface area contributed by atoms with Crippen LogP contribution in [-0.2, 0) is 4.74 Å². The third kappa shape index (κ3) is 2.68. The molecule has 0 radical (unpaired) electrons. The fourth-order valence-corrected chi connectivity index (χ4v) is 1.70. The van der Waals surface area contributed by atoms with Crippen molar-refractivity contribution in [1.29, 1.82) is 0 Å². The average Bonchev–Trinajstić information content (AvgIpc) is 2.46. The first kappa shape index (κ1) is 13.0. The van der Waals surface area contributed by atoms with Crippen molar-refractivity contribution < 1.29 is 14.3 Å². The Hall–Kier alpha value is -2.49. The first-order valence-corrected chi connectivity index (χ1v) is 5.78. The second-order valence-electron chi connectivity index (χ2n) is 4.09. The lowest BCUT2D eigenvalue weighted by atomic mass is 10.0. The van der Waals surface area contributed by atoms with Crippen LogP contribution in [0.4, 0.5) is 0 Å². The van der Waals surface area contributed by atoms with E-state index in [0.29, 0.717) is 5.56 Å². The van der Waals surface area contributed by atoms with Crippen LogP contribution in [0, 0.1) is 6.92 Å². The van der Waals surface area contributed by atoms with Gasteiger partial charge in [-0.05, 0) is 19.1 Å². The van der Waals surface area contributed by atoms with Gasteiger partial charge in [-0.25, -0.2) is 4.79 Å². The maximum atomic E-state index is 12.3. The number of benzene rings is 1. The highest BCUT2D eigenvalue weighted by atomic mass is 16.5. The standard InChI is InChI=1S/C15H13NO3/c1-10-5-7-11(8-6-10)14(17)13-12(15(18)19-2)4-3-9-16-13/h3-9H,1-2H3. The number of hydrogen-bond donors (Lipinski definition) is 0. The molecule has 96 valence electrons. The van der Waals surface area contributed by atoms with Crippen molar-refractivity contribution in [3.8, 4) is 0 Å². The van der Waals surface area contributed by atoms with E-state index in [4.69, 9.17) is 0 Å². The van der Waals surface area contributed by atoms with Gasteiger partial charge < -0.3 is 4.74 Å². The predicted octanol–water partition coefficient (Wildman–Crippen LogP) is 2.41. The lowest BCUT2D eigenvalue weighted by Crippen LogP contribution is -2.13. The van der Waals surface area contributed by atoms with Gasteiger partial charge in [0, 0.05) is 11.8 Å². The third-order valence-electron chi connectivity index (χ3n) is 2.74. The number of rotatable bonds is 3. The van der Waals surface area contributed by atoms with Crippen molar-refractivity contribution in [1.82, 2.24) is 4.98 Å². The molecule has 0 unspecified atom stereocenters. The van der Waals surface area contributed by atoms with Crippen molar-refractivity contribution in [2.45, 2.75) is 6.92 Å². The summed E-state index contributed by atoms with van der Waals surface area (Å²) in [5, 5.41) is 0. The summed E-state index contributed by atoms with van der Waals surface area (Å²) in [6.45, 7) is 1.94. The minimum absolute atomic E-state index is 0.109. The number of ether oxygens (including phenoxy) is 1.